The lowest BCUT2D eigenvalue weighted by Crippen LogP contribution is -2.46. The van der Waals surface area contributed by atoms with E-state index >= 15 is 0 Å². The highest BCUT2D eigenvalue weighted by Gasteiger charge is 2.48. The van der Waals surface area contributed by atoms with Crippen LogP contribution in [-0.2, 0) is 16.0 Å². The molecule has 2 aliphatic heterocycles. The fourth-order valence-corrected chi connectivity index (χ4v) is 6.30. The zero-order valence-electron chi connectivity index (χ0n) is 25.4. The molecule has 1 N–H and O–H groups in total. The number of hydrogen-bond acceptors (Lipinski definition) is 4. The molecule has 218 valence electrons. The van der Waals surface area contributed by atoms with Crippen LogP contribution in [0.5, 0.6) is 5.75 Å². The van der Waals surface area contributed by atoms with Crippen molar-refractivity contribution in [1.82, 2.24) is 9.80 Å². The summed E-state index contributed by atoms with van der Waals surface area (Å²) in [6.45, 7) is 12.5. The van der Waals surface area contributed by atoms with Gasteiger partial charge in [-0.05, 0) is 42.4 Å². The second kappa shape index (κ2) is 13.3. The van der Waals surface area contributed by atoms with Crippen molar-refractivity contribution in [1.29, 1.82) is 0 Å². The summed E-state index contributed by atoms with van der Waals surface area (Å²) in [5.41, 5.74) is 2.02. The Morgan fingerprint density at radius 3 is 2.56 bits per heavy atom. The maximum absolute atomic E-state index is 13.8. The predicted octanol–water partition coefficient (Wildman–Crippen LogP) is 4.81. The summed E-state index contributed by atoms with van der Waals surface area (Å²) >= 11 is 0. The van der Waals surface area contributed by atoms with E-state index in [1.807, 2.05) is 30.0 Å². The first-order valence-electron chi connectivity index (χ1n) is 14.8. The minimum Gasteiger partial charge on any atom is -0.493 e. The third-order valence-electron chi connectivity index (χ3n) is 8.26. The number of fused-ring (bicyclic) bond motifs is 1. The van der Waals surface area contributed by atoms with Gasteiger partial charge in [-0.15, -0.1) is 0 Å². The van der Waals surface area contributed by atoms with Crippen molar-refractivity contribution < 1.29 is 23.9 Å². The predicted molar refractivity (Wildman–Crippen MR) is 157 cm³/mol. The number of nitrogens with zero attached hydrogens (tertiary/aromatic N) is 3. The van der Waals surface area contributed by atoms with Crippen LogP contribution in [0.2, 0.25) is 0 Å². The molecule has 0 bridgehead atoms. The molecule has 0 spiro atoms. The number of ether oxygens (including phenoxy) is 1. The molecule has 1 saturated heterocycles. The van der Waals surface area contributed by atoms with Gasteiger partial charge in [-0.25, -0.2) is 0 Å². The number of carbonyl (C=O) groups is 2. The van der Waals surface area contributed by atoms with Crippen LogP contribution in [0.25, 0.3) is 0 Å². The SMILES string of the molecule is C/C=C/C(C)(C)CC1C(C(=O)O)C(c2ccc3c(c2)CCO3)CN1CC(=O)N(CCCC)CCC[N+](C)(C)C. The molecule has 0 aliphatic carbocycles. The van der Waals surface area contributed by atoms with Crippen LogP contribution in [-0.4, -0.2) is 97.8 Å². The summed E-state index contributed by atoms with van der Waals surface area (Å²) in [6, 6.07) is 5.93. The fraction of sp³-hybridized carbons (Fsp3) is 0.688. The summed E-state index contributed by atoms with van der Waals surface area (Å²) in [5.74, 6) is -0.508. The van der Waals surface area contributed by atoms with Gasteiger partial charge in [0.05, 0.1) is 46.8 Å². The Bertz CT molecular complexity index is 1010. The third-order valence-corrected chi connectivity index (χ3v) is 8.26. The normalized spacial score (nSPS) is 21.8. The lowest BCUT2D eigenvalue weighted by molar-refractivity contribution is -0.870. The average molecular weight is 543 g/mol. The Labute approximate surface area is 236 Å². The number of hydrogen-bond donors (Lipinski definition) is 1. The molecular weight excluding hydrogens is 490 g/mol. The van der Waals surface area contributed by atoms with Gasteiger partial charge in [-0.1, -0.05) is 51.5 Å². The van der Waals surface area contributed by atoms with Gasteiger partial charge in [-0.2, -0.15) is 0 Å². The molecule has 2 heterocycles. The highest BCUT2D eigenvalue weighted by atomic mass is 16.5. The van der Waals surface area contributed by atoms with Crippen LogP contribution in [0.4, 0.5) is 0 Å². The van der Waals surface area contributed by atoms with Crippen LogP contribution in [0.1, 0.15) is 70.4 Å². The highest BCUT2D eigenvalue weighted by molar-refractivity contribution is 5.79. The highest BCUT2D eigenvalue weighted by Crippen LogP contribution is 2.43. The Balaban J connectivity index is 1.88. The van der Waals surface area contributed by atoms with Crippen LogP contribution < -0.4 is 4.74 Å². The van der Waals surface area contributed by atoms with Crippen molar-refractivity contribution >= 4 is 11.9 Å². The molecule has 1 fully saturated rings. The van der Waals surface area contributed by atoms with Gasteiger partial charge in [0, 0.05) is 44.4 Å². The summed E-state index contributed by atoms with van der Waals surface area (Å²) in [5, 5.41) is 10.5. The van der Waals surface area contributed by atoms with E-state index in [0.717, 1.165) is 66.7 Å². The monoisotopic (exact) mass is 542 g/mol. The number of unbranched alkanes of at least 4 members (excludes halogenated alkanes) is 1. The van der Waals surface area contributed by atoms with Crippen LogP contribution in [0, 0.1) is 11.3 Å². The quantitative estimate of drug-likeness (QED) is 0.270. The average Bonchev–Trinajstić information content (AvgIpc) is 3.44. The molecule has 3 atom stereocenters. The molecule has 7 heteroatoms. The number of benzene rings is 1. The van der Waals surface area contributed by atoms with E-state index in [1.165, 1.54) is 0 Å². The standard InChI is InChI=1S/C32H51N3O4/c1-8-10-16-33(17-11-18-35(5,6)7)29(36)23-34-22-26(24-12-13-28-25(20-24)14-19-39-28)30(31(37)38)27(34)21-32(3,4)15-9-2/h9,12-13,15,20,26-27,30H,8,10-11,14,16-19,21-23H2,1-7H3/p+1/b15-9+. The Hall–Kier alpha value is -2.38. The first-order valence-corrected chi connectivity index (χ1v) is 14.8. The summed E-state index contributed by atoms with van der Waals surface area (Å²) in [7, 11) is 6.53. The number of aliphatic carboxylic acids is 1. The lowest BCUT2D eigenvalue weighted by Gasteiger charge is -2.34. The van der Waals surface area contributed by atoms with Gasteiger partial charge in [-0.3, -0.25) is 14.5 Å². The van der Waals surface area contributed by atoms with Crippen molar-refractivity contribution in [2.75, 3.05) is 60.5 Å². The zero-order valence-corrected chi connectivity index (χ0v) is 25.4. The number of carboxylic acids is 1. The molecule has 0 radical (unpaired) electrons. The van der Waals surface area contributed by atoms with Gasteiger partial charge < -0.3 is 19.2 Å². The number of carbonyl (C=O) groups excluding carboxylic acids is 1. The molecule has 0 aromatic heterocycles. The summed E-state index contributed by atoms with van der Waals surface area (Å²) in [4.78, 5) is 30.8. The van der Waals surface area contributed by atoms with Crippen molar-refractivity contribution in [3.63, 3.8) is 0 Å². The number of quaternary nitrogens is 1. The van der Waals surface area contributed by atoms with Crippen molar-refractivity contribution in [3.05, 3.63) is 41.5 Å². The smallest absolute Gasteiger partial charge is 0.308 e. The molecule has 1 amide bonds. The number of carboxylic acid groups (broad SMARTS) is 1. The van der Waals surface area contributed by atoms with Crippen molar-refractivity contribution in [2.24, 2.45) is 11.3 Å². The molecule has 3 rings (SSSR count). The molecule has 39 heavy (non-hydrogen) atoms. The van der Waals surface area contributed by atoms with E-state index in [-0.39, 0.29) is 29.8 Å². The summed E-state index contributed by atoms with van der Waals surface area (Å²) < 4.78 is 6.58. The third kappa shape index (κ3) is 8.55. The van der Waals surface area contributed by atoms with Gasteiger partial charge in [0.25, 0.3) is 0 Å². The maximum Gasteiger partial charge on any atom is 0.308 e. The minimum atomic E-state index is -0.779. The summed E-state index contributed by atoms with van der Waals surface area (Å²) in [6.07, 6.45) is 8.70. The Morgan fingerprint density at radius 2 is 1.92 bits per heavy atom. The van der Waals surface area contributed by atoms with Gasteiger partial charge in [0.1, 0.15) is 5.75 Å². The van der Waals surface area contributed by atoms with Gasteiger partial charge in [0.2, 0.25) is 5.91 Å². The number of amides is 1. The molecule has 3 unspecified atom stereocenters. The van der Waals surface area contributed by atoms with Crippen molar-refractivity contribution in [3.8, 4) is 5.75 Å². The maximum atomic E-state index is 13.8. The molecule has 1 aromatic rings. The zero-order chi connectivity index (χ0) is 28.8. The Kier molecular flexibility index (Phi) is 10.6. The fourth-order valence-electron chi connectivity index (χ4n) is 6.30. The van der Waals surface area contributed by atoms with Crippen LogP contribution >= 0.6 is 0 Å². The Morgan fingerprint density at radius 1 is 1.21 bits per heavy atom. The van der Waals surface area contributed by atoms with E-state index in [4.69, 9.17) is 4.74 Å². The largest absolute Gasteiger partial charge is 0.493 e. The topological polar surface area (TPSA) is 70.1 Å². The van der Waals surface area contributed by atoms with Gasteiger partial charge >= 0.3 is 5.97 Å². The van der Waals surface area contributed by atoms with Gasteiger partial charge in [0.15, 0.2) is 0 Å². The number of allylic oxidation sites excluding steroid dienone is 2. The van der Waals surface area contributed by atoms with E-state index < -0.39 is 11.9 Å². The molecular formula is C32H52N3O4+. The molecule has 2 aliphatic rings. The second-order valence-corrected chi connectivity index (χ2v) is 13.2. The molecule has 7 nitrogen and oxygen atoms in total. The number of rotatable bonds is 14. The minimum absolute atomic E-state index is 0.117. The van der Waals surface area contributed by atoms with E-state index in [9.17, 15) is 14.7 Å². The molecule has 1 aromatic carbocycles. The first kappa shape index (κ1) is 31.2. The molecule has 0 saturated carbocycles. The van der Waals surface area contributed by atoms with E-state index in [2.05, 4.69) is 59.0 Å². The van der Waals surface area contributed by atoms with Crippen molar-refractivity contribution in [2.45, 2.75) is 71.8 Å². The lowest BCUT2D eigenvalue weighted by atomic mass is 9.77. The van der Waals surface area contributed by atoms with Crippen LogP contribution in [0.3, 0.4) is 0 Å². The first-order chi connectivity index (χ1) is 18.3. The second-order valence-electron chi connectivity index (χ2n) is 13.2. The van der Waals surface area contributed by atoms with E-state index in [0.29, 0.717) is 19.6 Å². The van der Waals surface area contributed by atoms with Crippen LogP contribution in [0.15, 0.2) is 30.4 Å². The van der Waals surface area contributed by atoms with E-state index in [1.54, 1.807) is 0 Å². The number of likely N-dealkylation sites (tertiary alicyclic amines) is 1.